The number of hydrogen-bond acceptors (Lipinski definition) is 0. The summed E-state index contributed by atoms with van der Waals surface area (Å²) in [5.41, 5.74) is 1.93. The fraction of sp³-hybridized carbons (Fsp3) is 1.00. The summed E-state index contributed by atoms with van der Waals surface area (Å²) >= 11 is 0. The maximum Gasteiger partial charge on any atom is 0.0534 e. The van der Waals surface area contributed by atoms with Gasteiger partial charge in [0, 0.05) is 0 Å². The maximum atomic E-state index is 2.43. The lowest BCUT2D eigenvalue weighted by Gasteiger charge is -2.22. The Morgan fingerprint density at radius 1 is 0.667 bits per heavy atom. The predicted molar refractivity (Wildman–Crippen MR) is 85.9 cm³/mol. The Morgan fingerprint density at radius 3 is 1.44 bits per heavy atom. The Kier molecular flexibility index (Phi) is 15.4. The van der Waals surface area contributed by atoms with E-state index in [4.69, 9.17) is 0 Å². The van der Waals surface area contributed by atoms with Crippen molar-refractivity contribution in [3.05, 3.63) is 0 Å². The minimum Gasteiger partial charge on any atom is -0.269 e. The zero-order valence-electron chi connectivity index (χ0n) is 13.4. The zero-order chi connectivity index (χ0) is 13.1. The smallest absolute Gasteiger partial charge is 0.0534 e. The van der Waals surface area contributed by atoms with E-state index in [0.29, 0.717) is 0 Å². The molecule has 1 radical (unpaired) electrons. The van der Waals surface area contributed by atoms with Crippen molar-refractivity contribution in [2.24, 2.45) is 0 Å². The second-order valence-electron chi connectivity index (χ2n) is 6.11. The Hall–Kier alpha value is 0.147. The van der Waals surface area contributed by atoms with E-state index in [9.17, 15) is 0 Å². The third-order valence-electron chi connectivity index (χ3n) is 3.80. The summed E-state index contributed by atoms with van der Waals surface area (Å²) in [7, 11) is -0.0796. The van der Waals surface area contributed by atoms with Crippen molar-refractivity contribution in [3.8, 4) is 0 Å². The highest BCUT2D eigenvalue weighted by Gasteiger charge is 2.18. The van der Waals surface area contributed by atoms with Crippen LogP contribution in [0.2, 0.25) is 17.1 Å². The topological polar surface area (TPSA) is 0 Å². The lowest BCUT2D eigenvalue weighted by atomic mass is 10.1. The van der Waals surface area contributed by atoms with Crippen molar-refractivity contribution in [1.29, 1.82) is 0 Å². The first kappa shape index (κ1) is 20.5. The Morgan fingerprint density at radius 2 is 1.06 bits per heavy atom. The average molecular weight is 276 g/mol. The van der Waals surface area contributed by atoms with Crippen LogP contribution in [0.1, 0.15) is 86.0 Å². The van der Waals surface area contributed by atoms with Crippen molar-refractivity contribution < 1.29 is 4.70 Å². The van der Waals surface area contributed by atoms with Crippen LogP contribution in [0.25, 0.3) is 0 Å². The minimum atomic E-state index is -0.0796. The molecule has 0 unspecified atom stereocenters. The van der Waals surface area contributed by atoms with Gasteiger partial charge in [-0.25, -0.2) is 0 Å². The van der Waals surface area contributed by atoms with Crippen LogP contribution in [-0.2, 0) is 0 Å². The van der Waals surface area contributed by atoms with Gasteiger partial charge in [-0.05, 0) is 0 Å². The summed E-state index contributed by atoms with van der Waals surface area (Å²) in [6.07, 6.45) is 11.7. The normalized spacial score (nSPS) is 11.3. The highest BCUT2D eigenvalue weighted by molar-refractivity contribution is 6.61. The number of rotatable bonds is 11. The Balaban J connectivity index is 0. The first-order chi connectivity index (χ1) is 8.09. The predicted octanol–water partition coefficient (Wildman–Crippen LogP) is 6.59. The highest BCUT2D eigenvalue weighted by atomic mass is 28.3. The number of halogens is 1. The van der Waals surface area contributed by atoms with Gasteiger partial charge < -0.3 is 0 Å². The van der Waals surface area contributed by atoms with E-state index >= 15 is 0 Å². The van der Waals surface area contributed by atoms with Crippen molar-refractivity contribution in [2.45, 2.75) is 103 Å². The van der Waals surface area contributed by atoms with Gasteiger partial charge in [-0.3, -0.25) is 4.70 Å². The van der Waals surface area contributed by atoms with Crippen LogP contribution in [0.5, 0.6) is 0 Å². The molecule has 0 saturated carbocycles. The van der Waals surface area contributed by atoms with E-state index in [0.717, 1.165) is 11.1 Å². The minimum absolute atomic E-state index is 0. The molecule has 0 amide bonds. The molecule has 0 aliphatic carbocycles. The number of hydrogen-bond donors (Lipinski definition) is 0. The van der Waals surface area contributed by atoms with E-state index in [-0.39, 0.29) is 13.5 Å². The highest BCUT2D eigenvalue weighted by Crippen LogP contribution is 2.25. The van der Waals surface area contributed by atoms with Gasteiger partial charge in [0.1, 0.15) is 0 Å². The molecule has 0 N–H and O–H groups in total. The van der Waals surface area contributed by atoms with Gasteiger partial charge in [-0.2, -0.15) is 0 Å². The molecular formula is C16H36FSi. The summed E-state index contributed by atoms with van der Waals surface area (Å²) in [6.45, 7) is 12.0. The quantitative estimate of drug-likeness (QED) is 0.294. The molecule has 0 nitrogen and oxygen atoms in total. The van der Waals surface area contributed by atoms with Crippen molar-refractivity contribution in [1.82, 2.24) is 0 Å². The third kappa shape index (κ3) is 11.2. The molecule has 2 heteroatoms. The van der Waals surface area contributed by atoms with Crippen molar-refractivity contribution in [3.63, 3.8) is 0 Å². The van der Waals surface area contributed by atoms with Crippen LogP contribution in [-0.4, -0.2) is 8.80 Å². The fourth-order valence-electron chi connectivity index (χ4n) is 2.71. The molecule has 0 aromatic heterocycles. The molecule has 0 fully saturated rings. The average Bonchev–Trinajstić information content (AvgIpc) is 2.26. The lowest BCUT2D eigenvalue weighted by molar-refractivity contribution is 0.583. The molecule has 0 spiro atoms. The monoisotopic (exact) mass is 275 g/mol. The Labute approximate surface area is 117 Å². The Bertz CT molecular complexity index is 149. The van der Waals surface area contributed by atoms with Crippen molar-refractivity contribution >= 4 is 8.80 Å². The summed E-state index contributed by atoms with van der Waals surface area (Å²) in [5.74, 6) is 0. The second kappa shape index (κ2) is 13.6. The summed E-state index contributed by atoms with van der Waals surface area (Å²) in [5, 5.41) is 0. The molecule has 18 heavy (non-hydrogen) atoms. The van der Waals surface area contributed by atoms with E-state index in [1.165, 1.54) is 51.4 Å². The molecule has 0 aliphatic heterocycles. The van der Waals surface area contributed by atoms with Gasteiger partial charge in [0.15, 0.2) is 0 Å². The van der Waals surface area contributed by atoms with Gasteiger partial charge in [-0.1, -0.05) is 103 Å². The molecule has 0 rings (SSSR count). The van der Waals surface area contributed by atoms with E-state index in [1.807, 2.05) is 0 Å². The molecule has 0 aromatic carbocycles. The van der Waals surface area contributed by atoms with Crippen molar-refractivity contribution in [2.75, 3.05) is 0 Å². The molecule has 0 aromatic rings. The number of unbranched alkanes of at least 4 members (excludes halogenated alkanes) is 7. The molecular weight excluding hydrogens is 239 g/mol. The van der Waals surface area contributed by atoms with Crippen LogP contribution >= 0.6 is 0 Å². The van der Waals surface area contributed by atoms with Crippen LogP contribution in [0.15, 0.2) is 0 Å². The molecule has 0 saturated heterocycles. The van der Waals surface area contributed by atoms with Gasteiger partial charge >= 0.3 is 0 Å². The second-order valence-corrected chi connectivity index (χ2v) is 10.1. The standard InChI is InChI=1S/C16H35Si.FH/c1-6-7-8-9-10-11-12-13-14-17(15(2)3)16(4)5;/h15-16H,6-14H2,1-5H3;1H. The zero-order valence-corrected chi connectivity index (χ0v) is 14.4. The van der Waals surface area contributed by atoms with Crippen LogP contribution < -0.4 is 0 Å². The molecule has 0 bridgehead atoms. The maximum absolute atomic E-state index is 2.43. The SMILES string of the molecule is CCCCCCCCCC[Si](C(C)C)C(C)C.F. The molecule has 0 atom stereocenters. The van der Waals surface area contributed by atoms with E-state index in [2.05, 4.69) is 34.6 Å². The lowest BCUT2D eigenvalue weighted by Crippen LogP contribution is -2.20. The van der Waals surface area contributed by atoms with E-state index < -0.39 is 0 Å². The van der Waals surface area contributed by atoms with Gasteiger partial charge in [0.05, 0.1) is 8.80 Å². The first-order valence-electron chi connectivity index (χ1n) is 7.95. The van der Waals surface area contributed by atoms with Gasteiger partial charge in [0.25, 0.3) is 0 Å². The van der Waals surface area contributed by atoms with E-state index in [1.54, 1.807) is 6.04 Å². The van der Waals surface area contributed by atoms with Gasteiger partial charge in [-0.15, -0.1) is 0 Å². The molecule has 0 heterocycles. The molecule has 111 valence electrons. The largest absolute Gasteiger partial charge is 0.269 e. The first-order valence-corrected chi connectivity index (χ1v) is 9.81. The van der Waals surface area contributed by atoms with Crippen LogP contribution in [0, 0.1) is 0 Å². The summed E-state index contributed by atoms with van der Waals surface area (Å²) in [6, 6.07) is 1.55. The van der Waals surface area contributed by atoms with Gasteiger partial charge in [0.2, 0.25) is 0 Å². The summed E-state index contributed by atoms with van der Waals surface area (Å²) in [4.78, 5) is 0. The molecule has 0 aliphatic rings. The fourth-order valence-corrected chi connectivity index (χ4v) is 5.85. The summed E-state index contributed by atoms with van der Waals surface area (Å²) < 4.78 is 0. The van der Waals surface area contributed by atoms with Crippen LogP contribution in [0.4, 0.5) is 4.70 Å². The third-order valence-corrected chi connectivity index (χ3v) is 7.70. The van der Waals surface area contributed by atoms with Crippen LogP contribution in [0.3, 0.4) is 0 Å².